The summed E-state index contributed by atoms with van der Waals surface area (Å²) in [4.78, 5) is 14.2. The molecule has 9 heteroatoms. The Hall–Kier alpha value is -2.45. The lowest BCUT2D eigenvalue weighted by Gasteiger charge is -2.20. The predicted molar refractivity (Wildman–Crippen MR) is 99.3 cm³/mol. The molecule has 26 heavy (non-hydrogen) atoms. The average Bonchev–Trinajstić information content (AvgIpc) is 3.11. The monoisotopic (exact) mass is 391 g/mol. The van der Waals surface area contributed by atoms with Crippen molar-refractivity contribution in [2.24, 2.45) is 0 Å². The van der Waals surface area contributed by atoms with Crippen molar-refractivity contribution >= 4 is 35.0 Å². The van der Waals surface area contributed by atoms with E-state index in [0.717, 1.165) is 0 Å². The third-order valence-corrected chi connectivity index (χ3v) is 4.71. The summed E-state index contributed by atoms with van der Waals surface area (Å²) in [7, 11) is 0. The standard InChI is InChI=1S/C17H15ClFN5OS/c1-2-23(14-8-6-13(19)7-9-14)16(25)11-26-17-20-21-22-24(17)15-5-3-4-12(18)10-15/h3-10H,2,11H2,1H3. The van der Waals surface area contributed by atoms with Gasteiger partial charge in [0.25, 0.3) is 0 Å². The lowest BCUT2D eigenvalue weighted by Crippen LogP contribution is -2.32. The van der Waals surface area contributed by atoms with E-state index in [9.17, 15) is 9.18 Å². The molecule has 0 spiro atoms. The number of benzene rings is 2. The molecule has 0 aliphatic carbocycles. The lowest BCUT2D eigenvalue weighted by atomic mass is 10.3. The third kappa shape index (κ3) is 4.20. The Morgan fingerprint density at radius 3 is 2.73 bits per heavy atom. The topological polar surface area (TPSA) is 63.9 Å². The van der Waals surface area contributed by atoms with E-state index in [-0.39, 0.29) is 17.5 Å². The van der Waals surface area contributed by atoms with Crippen LogP contribution in [-0.4, -0.2) is 38.4 Å². The maximum atomic E-state index is 13.1. The molecule has 6 nitrogen and oxygen atoms in total. The van der Waals surface area contributed by atoms with Gasteiger partial charge in [-0.15, -0.1) is 5.10 Å². The summed E-state index contributed by atoms with van der Waals surface area (Å²) in [5.74, 6) is -0.316. The van der Waals surface area contributed by atoms with Crippen molar-refractivity contribution in [2.75, 3.05) is 17.2 Å². The molecule has 134 valence electrons. The minimum absolute atomic E-state index is 0.121. The van der Waals surface area contributed by atoms with E-state index < -0.39 is 0 Å². The molecule has 1 amide bonds. The fourth-order valence-electron chi connectivity index (χ4n) is 2.37. The molecule has 1 aromatic heterocycles. The minimum Gasteiger partial charge on any atom is -0.312 e. The number of nitrogens with zero attached hydrogens (tertiary/aromatic N) is 5. The van der Waals surface area contributed by atoms with Crippen LogP contribution in [0.5, 0.6) is 0 Å². The summed E-state index contributed by atoms with van der Waals surface area (Å²) in [6.07, 6.45) is 0. The van der Waals surface area contributed by atoms with Crippen molar-refractivity contribution in [1.82, 2.24) is 20.2 Å². The Morgan fingerprint density at radius 2 is 2.04 bits per heavy atom. The van der Waals surface area contributed by atoms with E-state index in [1.807, 2.05) is 13.0 Å². The molecule has 1 heterocycles. The van der Waals surface area contributed by atoms with Crippen molar-refractivity contribution in [3.05, 3.63) is 59.4 Å². The molecule has 0 atom stereocenters. The summed E-state index contributed by atoms with van der Waals surface area (Å²) in [6.45, 7) is 2.34. The minimum atomic E-state index is -0.340. The van der Waals surface area contributed by atoms with Crippen LogP contribution in [0.25, 0.3) is 5.69 Å². The number of halogens is 2. The van der Waals surface area contributed by atoms with Crippen molar-refractivity contribution in [3.8, 4) is 5.69 Å². The van der Waals surface area contributed by atoms with Gasteiger partial charge in [-0.3, -0.25) is 4.79 Å². The zero-order chi connectivity index (χ0) is 18.5. The van der Waals surface area contributed by atoms with Crippen LogP contribution in [0.15, 0.2) is 53.7 Å². The van der Waals surface area contributed by atoms with Crippen LogP contribution in [-0.2, 0) is 4.79 Å². The van der Waals surface area contributed by atoms with Crippen molar-refractivity contribution < 1.29 is 9.18 Å². The molecule has 3 aromatic rings. The number of amides is 1. The summed E-state index contributed by atoms with van der Waals surface area (Å²) >= 11 is 7.23. The fraction of sp³-hybridized carbons (Fsp3) is 0.176. The highest BCUT2D eigenvalue weighted by Gasteiger charge is 2.17. The second-order valence-electron chi connectivity index (χ2n) is 5.26. The van der Waals surface area contributed by atoms with Gasteiger partial charge < -0.3 is 4.90 Å². The molecule has 0 aliphatic rings. The van der Waals surface area contributed by atoms with Gasteiger partial charge in [0.15, 0.2) is 0 Å². The number of aromatic nitrogens is 4. The quantitative estimate of drug-likeness (QED) is 0.601. The van der Waals surface area contributed by atoms with Gasteiger partial charge in [0.05, 0.1) is 11.4 Å². The van der Waals surface area contributed by atoms with Crippen LogP contribution in [0.1, 0.15) is 6.92 Å². The van der Waals surface area contributed by atoms with Gasteiger partial charge >= 0.3 is 0 Å². The second kappa shape index (κ2) is 8.29. The maximum absolute atomic E-state index is 13.1. The number of rotatable bonds is 6. The molecule has 0 fully saturated rings. The zero-order valence-corrected chi connectivity index (χ0v) is 15.4. The first kappa shape index (κ1) is 18.3. The van der Waals surface area contributed by atoms with Gasteiger partial charge in [0.1, 0.15) is 5.82 Å². The van der Waals surface area contributed by atoms with E-state index >= 15 is 0 Å². The molecular weight excluding hydrogens is 377 g/mol. The summed E-state index contributed by atoms with van der Waals surface area (Å²) in [5, 5.41) is 12.6. The van der Waals surface area contributed by atoms with E-state index in [4.69, 9.17) is 11.6 Å². The zero-order valence-electron chi connectivity index (χ0n) is 13.8. The molecule has 0 radical (unpaired) electrons. The highest BCUT2D eigenvalue weighted by molar-refractivity contribution is 7.99. The van der Waals surface area contributed by atoms with Crippen molar-refractivity contribution in [3.63, 3.8) is 0 Å². The van der Waals surface area contributed by atoms with E-state index in [0.29, 0.717) is 28.1 Å². The van der Waals surface area contributed by atoms with Gasteiger partial charge in [-0.25, -0.2) is 4.39 Å². The van der Waals surface area contributed by atoms with Gasteiger partial charge in [-0.1, -0.05) is 29.4 Å². The summed E-state index contributed by atoms with van der Waals surface area (Å²) < 4.78 is 14.6. The van der Waals surface area contributed by atoms with Gasteiger partial charge in [0, 0.05) is 17.3 Å². The van der Waals surface area contributed by atoms with Crippen molar-refractivity contribution in [1.29, 1.82) is 0 Å². The van der Waals surface area contributed by atoms with Gasteiger partial charge in [-0.2, -0.15) is 4.68 Å². The number of thioether (sulfide) groups is 1. The molecule has 0 N–H and O–H groups in total. The Balaban J connectivity index is 1.72. The fourth-order valence-corrected chi connectivity index (χ4v) is 3.32. The van der Waals surface area contributed by atoms with Gasteiger partial charge in [-0.05, 0) is 59.8 Å². The Bertz CT molecular complexity index is 902. The number of carbonyl (C=O) groups excluding carboxylic acids is 1. The van der Waals surface area contributed by atoms with E-state index in [1.165, 1.54) is 28.6 Å². The van der Waals surface area contributed by atoms with E-state index in [1.54, 1.807) is 35.2 Å². The summed E-state index contributed by atoms with van der Waals surface area (Å²) in [6, 6.07) is 12.9. The lowest BCUT2D eigenvalue weighted by molar-refractivity contribution is -0.116. The average molecular weight is 392 g/mol. The molecular formula is C17H15ClFN5OS. The number of tetrazole rings is 1. The van der Waals surface area contributed by atoms with Crippen LogP contribution in [0.2, 0.25) is 5.02 Å². The van der Waals surface area contributed by atoms with Crippen LogP contribution in [0.4, 0.5) is 10.1 Å². The predicted octanol–water partition coefficient (Wildman–Crippen LogP) is 3.60. The molecule has 2 aromatic carbocycles. The molecule has 3 rings (SSSR count). The molecule has 0 aliphatic heterocycles. The normalized spacial score (nSPS) is 10.7. The Labute approximate surface area is 159 Å². The SMILES string of the molecule is CCN(C(=O)CSc1nnnn1-c1cccc(Cl)c1)c1ccc(F)cc1. The summed E-state index contributed by atoms with van der Waals surface area (Å²) in [5.41, 5.74) is 1.36. The maximum Gasteiger partial charge on any atom is 0.237 e. The van der Waals surface area contributed by atoms with Crippen LogP contribution >= 0.6 is 23.4 Å². The Morgan fingerprint density at radius 1 is 1.27 bits per heavy atom. The molecule has 0 saturated heterocycles. The van der Waals surface area contributed by atoms with Crippen LogP contribution < -0.4 is 4.90 Å². The van der Waals surface area contributed by atoms with Crippen molar-refractivity contribution in [2.45, 2.75) is 12.1 Å². The smallest absolute Gasteiger partial charge is 0.237 e. The molecule has 0 bridgehead atoms. The third-order valence-electron chi connectivity index (χ3n) is 3.57. The number of hydrogen-bond donors (Lipinski definition) is 0. The molecule has 0 saturated carbocycles. The highest BCUT2D eigenvalue weighted by atomic mass is 35.5. The molecule has 0 unspecified atom stereocenters. The second-order valence-corrected chi connectivity index (χ2v) is 6.64. The van der Waals surface area contributed by atoms with Gasteiger partial charge in [0.2, 0.25) is 11.1 Å². The Kier molecular flexibility index (Phi) is 5.85. The number of hydrogen-bond acceptors (Lipinski definition) is 5. The first-order valence-corrected chi connectivity index (χ1v) is 9.18. The van der Waals surface area contributed by atoms with E-state index in [2.05, 4.69) is 15.5 Å². The van der Waals surface area contributed by atoms with Crippen LogP contribution in [0, 0.1) is 5.82 Å². The van der Waals surface area contributed by atoms with Crippen LogP contribution in [0.3, 0.4) is 0 Å². The first-order chi connectivity index (χ1) is 12.6. The number of carbonyl (C=O) groups is 1. The first-order valence-electron chi connectivity index (χ1n) is 7.81. The highest BCUT2D eigenvalue weighted by Crippen LogP contribution is 2.22. The number of anilines is 1. The largest absolute Gasteiger partial charge is 0.312 e.